The van der Waals surface area contributed by atoms with Crippen LogP contribution in [0, 0.1) is 5.82 Å². The molecule has 11 heteroatoms. The van der Waals surface area contributed by atoms with Gasteiger partial charge < -0.3 is 15.0 Å². The van der Waals surface area contributed by atoms with Gasteiger partial charge in [0, 0.05) is 23.5 Å². The van der Waals surface area contributed by atoms with Crippen LogP contribution in [0.1, 0.15) is 31.9 Å². The third kappa shape index (κ3) is 9.17. The Morgan fingerprint density at radius 1 is 0.891 bits per heavy atom. The van der Waals surface area contributed by atoms with Gasteiger partial charge in [-0.1, -0.05) is 58.4 Å². The van der Waals surface area contributed by atoms with Crippen molar-refractivity contribution in [2.24, 2.45) is 0 Å². The van der Waals surface area contributed by atoms with Crippen molar-refractivity contribution in [1.29, 1.82) is 0 Å². The van der Waals surface area contributed by atoms with Crippen LogP contribution in [0.25, 0.3) is 0 Å². The van der Waals surface area contributed by atoms with Gasteiger partial charge in [-0.05, 0) is 92.6 Å². The van der Waals surface area contributed by atoms with Crippen LogP contribution in [0.4, 0.5) is 10.1 Å². The summed E-state index contributed by atoms with van der Waals surface area (Å²) in [5, 5.41) is 2.93. The summed E-state index contributed by atoms with van der Waals surface area (Å²) >= 11 is 3.48. The molecule has 242 valence electrons. The summed E-state index contributed by atoms with van der Waals surface area (Å²) in [7, 11) is -4.33. The predicted molar refractivity (Wildman–Crippen MR) is 180 cm³/mol. The van der Waals surface area contributed by atoms with Crippen molar-refractivity contribution < 1.29 is 27.1 Å². The molecular formula is C35H37BrFN3O5S. The molecule has 4 aromatic carbocycles. The van der Waals surface area contributed by atoms with Crippen molar-refractivity contribution in [3.8, 4) is 5.75 Å². The van der Waals surface area contributed by atoms with E-state index in [0.29, 0.717) is 12.4 Å². The van der Waals surface area contributed by atoms with E-state index in [4.69, 9.17) is 4.74 Å². The summed E-state index contributed by atoms with van der Waals surface area (Å²) in [4.78, 5) is 29.5. The molecule has 46 heavy (non-hydrogen) atoms. The number of hydrogen-bond acceptors (Lipinski definition) is 5. The van der Waals surface area contributed by atoms with Gasteiger partial charge in [0.25, 0.3) is 10.0 Å². The minimum atomic E-state index is -4.33. The maximum Gasteiger partial charge on any atom is 0.264 e. The first-order valence-electron chi connectivity index (χ1n) is 14.9. The molecule has 0 fully saturated rings. The molecule has 0 spiro atoms. The molecule has 4 rings (SSSR count). The summed E-state index contributed by atoms with van der Waals surface area (Å²) in [6, 6.07) is 26.2. The van der Waals surface area contributed by atoms with Crippen molar-refractivity contribution in [3.05, 3.63) is 125 Å². The molecule has 0 bridgehead atoms. The third-order valence-electron chi connectivity index (χ3n) is 7.06. The molecule has 0 aromatic heterocycles. The highest BCUT2D eigenvalue weighted by atomic mass is 79.9. The number of hydrogen-bond donors (Lipinski definition) is 1. The van der Waals surface area contributed by atoms with E-state index in [1.807, 2.05) is 75.4 Å². The second-order valence-corrected chi connectivity index (χ2v) is 13.7. The zero-order valence-corrected chi connectivity index (χ0v) is 28.3. The fraction of sp³-hybridized carbons (Fsp3) is 0.257. The molecule has 0 aliphatic rings. The highest BCUT2D eigenvalue weighted by Gasteiger charge is 2.35. The van der Waals surface area contributed by atoms with Gasteiger partial charge in [0.05, 0.1) is 17.2 Å². The molecule has 0 saturated heterocycles. The van der Waals surface area contributed by atoms with E-state index in [9.17, 15) is 22.4 Å². The van der Waals surface area contributed by atoms with Crippen LogP contribution in [0.2, 0.25) is 0 Å². The van der Waals surface area contributed by atoms with E-state index in [-0.39, 0.29) is 35.5 Å². The monoisotopic (exact) mass is 709 g/mol. The van der Waals surface area contributed by atoms with Gasteiger partial charge in [0.15, 0.2) is 0 Å². The first kappa shape index (κ1) is 34.6. The SMILES string of the molecule is CCOc1ccc(S(=O)(=O)N(CC(=O)N(Cc2cccc(Br)c2)[C@@H](Cc2ccccc2)C(=O)NC(C)C)c2ccc(F)cc2)cc1. The van der Waals surface area contributed by atoms with Crippen molar-refractivity contribution in [2.75, 3.05) is 17.5 Å². The first-order valence-corrected chi connectivity index (χ1v) is 17.1. The Morgan fingerprint density at radius 2 is 1.54 bits per heavy atom. The van der Waals surface area contributed by atoms with Crippen molar-refractivity contribution in [1.82, 2.24) is 10.2 Å². The fourth-order valence-corrected chi connectivity index (χ4v) is 6.77. The number of halogens is 2. The topological polar surface area (TPSA) is 96.0 Å². The third-order valence-corrected chi connectivity index (χ3v) is 9.34. The minimum Gasteiger partial charge on any atom is -0.494 e. The number of rotatable bonds is 14. The number of benzene rings is 4. The molecule has 1 N–H and O–H groups in total. The number of ether oxygens (including phenoxy) is 1. The summed E-state index contributed by atoms with van der Waals surface area (Å²) in [6.07, 6.45) is 0.196. The van der Waals surface area contributed by atoms with E-state index in [2.05, 4.69) is 21.2 Å². The number of nitrogens with zero attached hydrogens (tertiary/aromatic N) is 2. The number of sulfonamides is 1. The Hall–Kier alpha value is -4.22. The second kappa shape index (κ2) is 15.9. The fourth-order valence-electron chi connectivity index (χ4n) is 4.90. The lowest BCUT2D eigenvalue weighted by atomic mass is 10.0. The first-order chi connectivity index (χ1) is 22.0. The van der Waals surface area contributed by atoms with Crippen LogP contribution >= 0.6 is 15.9 Å². The summed E-state index contributed by atoms with van der Waals surface area (Å²) in [5.41, 5.74) is 1.66. The molecule has 0 unspecified atom stereocenters. The van der Waals surface area contributed by atoms with Crippen LogP contribution in [-0.4, -0.2) is 50.4 Å². The summed E-state index contributed by atoms with van der Waals surface area (Å²) in [6.45, 7) is 5.27. The van der Waals surface area contributed by atoms with Gasteiger partial charge in [-0.3, -0.25) is 13.9 Å². The maximum absolute atomic E-state index is 14.5. The lowest BCUT2D eigenvalue weighted by molar-refractivity contribution is -0.140. The van der Waals surface area contributed by atoms with Crippen molar-refractivity contribution >= 4 is 43.5 Å². The molecule has 2 amide bonds. The van der Waals surface area contributed by atoms with Crippen LogP contribution in [0.5, 0.6) is 5.75 Å². The molecule has 0 aliphatic carbocycles. The van der Waals surface area contributed by atoms with Crippen molar-refractivity contribution in [2.45, 2.75) is 50.7 Å². The highest BCUT2D eigenvalue weighted by Crippen LogP contribution is 2.27. The number of amides is 2. The highest BCUT2D eigenvalue weighted by molar-refractivity contribution is 9.10. The normalized spacial score (nSPS) is 12.0. The molecule has 0 heterocycles. The minimum absolute atomic E-state index is 0.0294. The van der Waals surface area contributed by atoms with Crippen molar-refractivity contribution in [3.63, 3.8) is 0 Å². The van der Waals surface area contributed by atoms with E-state index >= 15 is 0 Å². The van der Waals surface area contributed by atoms with Gasteiger partial charge in [-0.25, -0.2) is 12.8 Å². The lowest BCUT2D eigenvalue weighted by Crippen LogP contribution is -2.54. The van der Waals surface area contributed by atoms with Crippen LogP contribution < -0.4 is 14.4 Å². The van der Waals surface area contributed by atoms with Gasteiger partial charge >= 0.3 is 0 Å². The average Bonchev–Trinajstić information content (AvgIpc) is 3.02. The van der Waals surface area contributed by atoms with Crippen LogP contribution in [-0.2, 0) is 32.6 Å². The van der Waals surface area contributed by atoms with Gasteiger partial charge in [-0.15, -0.1) is 0 Å². The Labute approximate surface area is 278 Å². The second-order valence-electron chi connectivity index (χ2n) is 10.9. The lowest BCUT2D eigenvalue weighted by Gasteiger charge is -2.34. The average molecular weight is 711 g/mol. The van der Waals surface area contributed by atoms with E-state index in [1.54, 1.807) is 0 Å². The molecule has 1 atom stereocenters. The molecule has 0 aliphatic heterocycles. The van der Waals surface area contributed by atoms with E-state index in [1.165, 1.54) is 41.3 Å². The van der Waals surface area contributed by atoms with E-state index < -0.39 is 34.3 Å². The number of carbonyl (C=O) groups excluding carboxylic acids is 2. The number of nitrogens with one attached hydrogen (secondary N) is 1. The summed E-state index contributed by atoms with van der Waals surface area (Å²) < 4.78 is 49.4. The van der Waals surface area contributed by atoms with Crippen LogP contribution in [0.3, 0.4) is 0 Å². The number of anilines is 1. The standard InChI is InChI=1S/C35H37BrFN3O5S/c1-4-45-31-17-19-32(20-18-31)46(43,44)40(30-15-13-29(37)14-16-30)24-34(41)39(23-27-11-8-12-28(36)21-27)33(35(42)38-25(2)3)22-26-9-6-5-7-10-26/h5-21,25,33H,4,22-24H2,1-3H3,(H,38,42)/t33-/m0/s1. The Bertz CT molecular complexity index is 1720. The Kier molecular flexibility index (Phi) is 11.9. The zero-order valence-electron chi connectivity index (χ0n) is 25.9. The molecule has 8 nitrogen and oxygen atoms in total. The van der Waals surface area contributed by atoms with Gasteiger partial charge in [-0.2, -0.15) is 0 Å². The Morgan fingerprint density at radius 3 is 2.15 bits per heavy atom. The largest absolute Gasteiger partial charge is 0.494 e. The molecule has 0 saturated carbocycles. The predicted octanol–water partition coefficient (Wildman–Crippen LogP) is 6.35. The Balaban J connectivity index is 1.79. The van der Waals surface area contributed by atoms with Gasteiger partial charge in [0.2, 0.25) is 11.8 Å². The molecular weight excluding hydrogens is 673 g/mol. The summed E-state index contributed by atoms with van der Waals surface area (Å²) in [5.74, 6) is -1.05. The molecule has 4 aromatic rings. The van der Waals surface area contributed by atoms with Gasteiger partial charge in [0.1, 0.15) is 24.2 Å². The smallest absolute Gasteiger partial charge is 0.264 e. The van der Waals surface area contributed by atoms with E-state index in [0.717, 1.165) is 32.0 Å². The number of carbonyl (C=O) groups is 2. The zero-order chi connectivity index (χ0) is 33.3. The molecule has 0 radical (unpaired) electrons. The quantitative estimate of drug-likeness (QED) is 0.165. The maximum atomic E-state index is 14.5. The van der Waals surface area contributed by atoms with Crippen LogP contribution in [0.15, 0.2) is 112 Å².